The van der Waals surface area contributed by atoms with Crippen LogP contribution in [-0.2, 0) is 23.1 Å². The molecule has 0 aliphatic rings. The van der Waals surface area contributed by atoms with Crippen LogP contribution in [0.4, 0.5) is 0 Å². The number of hydrogen-bond acceptors (Lipinski definition) is 4. The molecule has 0 spiro atoms. The third kappa shape index (κ3) is 4.04. The van der Waals surface area contributed by atoms with Crippen molar-refractivity contribution in [3.8, 4) is 5.75 Å². The first-order chi connectivity index (χ1) is 10.9. The number of halogens is 1. The lowest BCUT2D eigenvalue weighted by Gasteiger charge is -2.16. The van der Waals surface area contributed by atoms with Crippen LogP contribution in [0, 0.1) is 0 Å². The third-order valence-corrected chi connectivity index (χ3v) is 5.46. The van der Waals surface area contributed by atoms with Gasteiger partial charge in [0, 0.05) is 19.8 Å². The zero-order valence-electron chi connectivity index (χ0n) is 13.4. The van der Waals surface area contributed by atoms with Gasteiger partial charge in [-0.1, -0.05) is 11.6 Å². The number of aryl methyl sites for hydroxylation is 1. The average Bonchev–Trinajstić information content (AvgIpc) is 2.88. The summed E-state index contributed by atoms with van der Waals surface area (Å²) >= 11 is 6.10. The zero-order chi connectivity index (χ0) is 17.0. The van der Waals surface area contributed by atoms with E-state index in [9.17, 15) is 8.42 Å². The van der Waals surface area contributed by atoms with Crippen molar-refractivity contribution >= 4 is 21.6 Å². The van der Waals surface area contributed by atoms with Crippen LogP contribution < -0.4 is 4.74 Å². The highest BCUT2D eigenvalue weighted by Crippen LogP contribution is 2.22. The topological polar surface area (TPSA) is 64.4 Å². The van der Waals surface area contributed by atoms with Gasteiger partial charge in [0.2, 0.25) is 10.0 Å². The van der Waals surface area contributed by atoms with E-state index < -0.39 is 10.0 Å². The Labute approximate surface area is 141 Å². The van der Waals surface area contributed by atoms with Gasteiger partial charge in [-0.2, -0.15) is 9.40 Å². The number of ether oxygens (including phenoxy) is 1. The molecule has 1 aromatic heterocycles. The molecule has 2 rings (SSSR count). The second-order valence-electron chi connectivity index (χ2n) is 4.94. The molecular formula is C15H20ClN3O3S. The van der Waals surface area contributed by atoms with Crippen LogP contribution in [0.5, 0.6) is 5.75 Å². The summed E-state index contributed by atoms with van der Waals surface area (Å²) in [7, 11) is -2.11. The van der Waals surface area contributed by atoms with Gasteiger partial charge >= 0.3 is 0 Å². The first-order valence-electron chi connectivity index (χ1n) is 7.29. The molecule has 2 aromatic rings. The van der Waals surface area contributed by atoms with Crippen molar-refractivity contribution in [2.45, 2.75) is 31.8 Å². The lowest BCUT2D eigenvalue weighted by Crippen LogP contribution is -2.26. The number of aromatic nitrogens is 2. The largest absolute Gasteiger partial charge is 0.494 e. The molecule has 8 heteroatoms. The van der Waals surface area contributed by atoms with E-state index in [-0.39, 0.29) is 11.4 Å². The molecule has 126 valence electrons. The normalized spacial score (nSPS) is 11.9. The first kappa shape index (κ1) is 17.8. The molecule has 0 unspecified atom stereocenters. The number of hydrogen-bond donors (Lipinski definition) is 0. The van der Waals surface area contributed by atoms with Gasteiger partial charge in [-0.3, -0.25) is 4.68 Å². The molecule has 0 aliphatic carbocycles. The van der Waals surface area contributed by atoms with Crippen LogP contribution in [0.3, 0.4) is 0 Å². The first-order valence-corrected chi connectivity index (χ1v) is 9.11. The number of sulfonamides is 1. The lowest BCUT2D eigenvalue weighted by atomic mass is 10.3. The molecule has 0 aliphatic heterocycles. The molecule has 0 saturated carbocycles. The lowest BCUT2D eigenvalue weighted by molar-refractivity contribution is 0.340. The predicted molar refractivity (Wildman–Crippen MR) is 89.2 cm³/mol. The summed E-state index contributed by atoms with van der Waals surface area (Å²) in [4.78, 5) is 0.203. The molecule has 0 fully saturated rings. The summed E-state index contributed by atoms with van der Waals surface area (Å²) in [6.07, 6.45) is 1.69. The van der Waals surface area contributed by atoms with E-state index in [4.69, 9.17) is 16.3 Å². The van der Waals surface area contributed by atoms with Gasteiger partial charge < -0.3 is 4.74 Å². The number of benzene rings is 1. The van der Waals surface area contributed by atoms with Crippen LogP contribution in [0.15, 0.2) is 35.4 Å². The van der Waals surface area contributed by atoms with Crippen LogP contribution >= 0.6 is 11.6 Å². The number of nitrogens with zero attached hydrogens (tertiary/aromatic N) is 3. The highest BCUT2D eigenvalue weighted by atomic mass is 35.5. The van der Waals surface area contributed by atoms with E-state index in [0.717, 1.165) is 0 Å². The fourth-order valence-corrected chi connectivity index (χ4v) is 3.40. The Kier molecular flexibility index (Phi) is 5.67. The van der Waals surface area contributed by atoms with Gasteiger partial charge in [0.15, 0.2) is 0 Å². The molecule has 0 N–H and O–H groups in total. The maximum Gasteiger partial charge on any atom is 0.243 e. The average molecular weight is 358 g/mol. The second kappa shape index (κ2) is 7.33. The molecule has 0 bridgehead atoms. The Morgan fingerprint density at radius 3 is 2.43 bits per heavy atom. The summed E-state index contributed by atoms with van der Waals surface area (Å²) in [5, 5.41) is 4.73. The minimum atomic E-state index is -3.61. The summed E-state index contributed by atoms with van der Waals surface area (Å²) in [6, 6.07) is 6.35. The van der Waals surface area contributed by atoms with E-state index in [1.165, 1.54) is 23.5 Å². The second-order valence-corrected chi connectivity index (χ2v) is 7.40. The van der Waals surface area contributed by atoms with Crippen LogP contribution in [0.1, 0.15) is 19.5 Å². The summed E-state index contributed by atoms with van der Waals surface area (Å²) < 4.78 is 33.4. The zero-order valence-corrected chi connectivity index (χ0v) is 14.9. The third-order valence-electron chi connectivity index (χ3n) is 3.33. The van der Waals surface area contributed by atoms with Gasteiger partial charge in [0.05, 0.1) is 28.8 Å². The standard InChI is InChI=1S/C15H20ClN3O3S/c1-4-19-10-14(16)15(17-19)11-18(3)23(20,21)13-8-6-12(7-9-13)22-5-2/h6-10H,4-5,11H2,1-3H3. The molecule has 0 saturated heterocycles. The van der Waals surface area contributed by atoms with Gasteiger partial charge in [-0.05, 0) is 38.1 Å². The highest BCUT2D eigenvalue weighted by Gasteiger charge is 2.23. The molecule has 23 heavy (non-hydrogen) atoms. The number of rotatable bonds is 7. The van der Waals surface area contributed by atoms with Crippen molar-refractivity contribution < 1.29 is 13.2 Å². The monoisotopic (exact) mass is 357 g/mol. The van der Waals surface area contributed by atoms with Crippen molar-refractivity contribution in [1.82, 2.24) is 14.1 Å². The van der Waals surface area contributed by atoms with E-state index >= 15 is 0 Å². The smallest absolute Gasteiger partial charge is 0.243 e. The molecule has 0 radical (unpaired) electrons. The van der Waals surface area contributed by atoms with E-state index in [1.54, 1.807) is 23.0 Å². The van der Waals surface area contributed by atoms with Crippen LogP contribution in [-0.4, -0.2) is 36.2 Å². The fourth-order valence-electron chi connectivity index (χ4n) is 2.06. The minimum Gasteiger partial charge on any atom is -0.494 e. The summed E-state index contributed by atoms with van der Waals surface area (Å²) in [5.74, 6) is 0.638. The quantitative estimate of drug-likeness (QED) is 0.764. The molecule has 1 heterocycles. The van der Waals surface area contributed by atoms with Gasteiger partial charge in [0.1, 0.15) is 5.75 Å². The molecular weight excluding hydrogens is 338 g/mol. The Balaban J connectivity index is 2.19. The summed E-state index contributed by atoms with van der Waals surface area (Å²) in [6.45, 7) is 5.13. The molecule has 1 aromatic carbocycles. The Hall–Kier alpha value is -1.57. The van der Waals surface area contributed by atoms with Crippen LogP contribution in [0.2, 0.25) is 5.02 Å². The van der Waals surface area contributed by atoms with Crippen molar-refractivity contribution in [1.29, 1.82) is 0 Å². The SMILES string of the molecule is CCOc1ccc(S(=O)(=O)N(C)Cc2nn(CC)cc2Cl)cc1. The fraction of sp³-hybridized carbons (Fsp3) is 0.400. The minimum absolute atomic E-state index is 0.112. The highest BCUT2D eigenvalue weighted by molar-refractivity contribution is 7.89. The van der Waals surface area contributed by atoms with E-state index in [0.29, 0.717) is 29.6 Å². The van der Waals surface area contributed by atoms with Crippen LogP contribution in [0.25, 0.3) is 0 Å². The Morgan fingerprint density at radius 2 is 1.91 bits per heavy atom. The summed E-state index contributed by atoms with van der Waals surface area (Å²) in [5.41, 5.74) is 0.533. The molecule has 6 nitrogen and oxygen atoms in total. The van der Waals surface area contributed by atoms with Crippen molar-refractivity contribution in [2.24, 2.45) is 0 Å². The molecule has 0 amide bonds. The van der Waals surface area contributed by atoms with Crippen molar-refractivity contribution in [2.75, 3.05) is 13.7 Å². The molecule has 0 atom stereocenters. The maximum absolute atomic E-state index is 12.6. The van der Waals surface area contributed by atoms with E-state index in [1.807, 2.05) is 13.8 Å². The van der Waals surface area contributed by atoms with Gasteiger partial charge in [-0.15, -0.1) is 0 Å². The van der Waals surface area contributed by atoms with Gasteiger partial charge in [0.25, 0.3) is 0 Å². The van der Waals surface area contributed by atoms with Crippen molar-refractivity contribution in [3.05, 3.63) is 41.2 Å². The Bertz CT molecular complexity index is 757. The van der Waals surface area contributed by atoms with Crippen molar-refractivity contribution in [3.63, 3.8) is 0 Å². The van der Waals surface area contributed by atoms with Gasteiger partial charge in [-0.25, -0.2) is 8.42 Å². The Morgan fingerprint density at radius 1 is 1.26 bits per heavy atom. The van der Waals surface area contributed by atoms with E-state index in [2.05, 4.69) is 5.10 Å². The predicted octanol–water partition coefficient (Wildman–Crippen LogP) is 2.78. The maximum atomic E-state index is 12.6.